The van der Waals surface area contributed by atoms with Gasteiger partial charge in [-0.1, -0.05) is 25.1 Å². The molecule has 0 aliphatic heterocycles. The van der Waals surface area contributed by atoms with E-state index < -0.39 is 10.0 Å². The van der Waals surface area contributed by atoms with Gasteiger partial charge in [-0.3, -0.25) is 9.10 Å². The summed E-state index contributed by atoms with van der Waals surface area (Å²) in [6.07, 6.45) is 3.51. The molecule has 0 saturated heterocycles. The molecule has 0 unspecified atom stereocenters. The van der Waals surface area contributed by atoms with Gasteiger partial charge in [-0.25, -0.2) is 8.42 Å². The molecule has 2 rings (SSSR count). The molecule has 8 heteroatoms. The van der Waals surface area contributed by atoms with Crippen LogP contribution in [0.4, 0.5) is 5.69 Å². The Balaban J connectivity index is 1.89. The number of nitrogens with one attached hydrogen (secondary N) is 1. The third-order valence-corrected chi connectivity index (χ3v) is 5.64. The Hall–Kier alpha value is -2.74. The highest BCUT2D eigenvalue weighted by atomic mass is 32.2. The van der Waals surface area contributed by atoms with Gasteiger partial charge < -0.3 is 14.8 Å². The number of hydrogen-bond acceptors (Lipinski definition) is 5. The van der Waals surface area contributed by atoms with Crippen molar-refractivity contribution in [3.05, 3.63) is 54.1 Å². The molecule has 0 heterocycles. The van der Waals surface area contributed by atoms with E-state index in [0.29, 0.717) is 31.2 Å². The van der Waals surface area contributed by atoms with Crippen LogP contribution in [0.25, 0.3) is 0 Å². The van der Waals surface area contributed by atoms with Crippen molar-refractivity contribution in [3.63, 3.8) is 0 Å². The third kappa shape index (κ3) is 8.13. The summed E-state index contributed by atoms with van der Waals surface area (Å²) in [5.74, 6) is 1.16. The summed E-state index contributed by atoms with van der Waals surface area (Å²) >= 11 is 0. The van der Waals surface area contributed by atoms with Gasteiger partial charge in [0, 0.05) is 6.54 Å². The van der Waals surface area contributed by atoms with E-state index in [9.17, 15) is 13.2 Å². The average Bonchev–Trinajstić information content (AvgIpc) is 2.74. The number of aryl methyl sites for hydroxylation is 1. The first kappa shape index (κ1) is 24.5. The second-order valence-electron chi connectivity index (χ2n) is 7.11. The Morgan fingerprint density at radius 1 is 1.03 bits per heavy atom. The van der Waals surface area contributed by atoms with Crippen molar-refractivity contribution in [1.29, 1.82) is 0 Å². The topological polar surface area (TPSA) is 84.9 Å². The maximum absolute atomic E-state index is 12.4. The lowest BCUT2D eigenvalue weighted by atomic mass is 10.1. The Morgan fingerprint density at radius 2 is 1.74 bits per heavy atom. The summed E-state index contributed by atoms with van der Waals surface area (Å²) in [4.78, 5) is 12.4. The zero-order valence-electron chi connectivity index (χ0n) is 18.5. The molecule has 0 saturated carbocycles. The first-order chi connectivity index (χ1) is 14.8. The highest BCUT2D eigenvalue weighted by Gasteiger charge is 2.20. The smallest absolute Gasteiger partial charge is 0.240 e. The van der Waals surface area contributed by atoms with E-state index in [0.717, 1.165) is 41.1 Å². The van der Waals surface area contributed by atoms with E-state index in [1.165, 1.54) is 0 Å². The zero-order chi connectivity index (χ0) is 22.7. The zero-order valence-corrected chi connectivity index (χ0v) is 19.3. The molecule has 2 aromatic carbocycles. The maximum atomic E-state index is 12.4. The summed E-state index contributed by atoms with van der Waals surface area (Å²) in [7, 11) is -3.61. The largest absolute Gasteiger partial charge is 0.494 e. The molecule has 0 radical (unpaired) electrons. The van der Waals surface area contributed by atoms with E-state index in [1.807, 2.05) is 31.2 Å². The van der Waals surface area contributed by atoms with Gasteiger partial charge >= 0.3 is 0 Å². The van der Waals surface area contributed by atoms with Crippen LogP contribution in [0.15, 0.2) is 48.5 Å². The van der Waals surface area contributed by atoms with Crippen LogP contribution in [0.3, 0.4) is 0 Å². The van der Waals surface area contributed by atoms with Crippen molar-refractivity contribution in [2.24, 2.45) is 0 Å². The van der Waals surface area contributed by atoms with Gasteiger partial charge in [0.15, 0.2) is 0 Å². The third-order valence-electron chi connectivity index (χ3n) is 4.50. The second kappa shape index (κ2) is 12.2. The Morgan fingerprint density at radius 3 is 2.39 bits per heavy atom. The first-order valence-electron chi connectivity index (χ1n) is 10.5. The van der Waals surface area contributed by atoms with Crippen LogP contribution in [-0.2, 0) is 21.2 Å². The minimum Gasteiger partial charge on any atom is -0.494 e. The number of carbonyl (C=O) groups is 1. The second-order valence-corrected chi connectivity index (χ2v) is 9.01. The molecule has 170 valence electrons. The van der Waals surface area contributed by atoms with E-state index in [1.54, 1.807) is 24.3 Å². The Kier molecular flexibility index (Phi) is 9.65. The predicted molar refractivity (Wildman–Crippen MR) is 123 cm³/mol. The summed E-state index contributed by atoms with van der Waals surface area (Å²) in [5, 5.41) is 2.81. The molecule has 0 fully saturated rings. The van der Waals surface area contributed by atoms with E-state index in [4.69, 9.17) is 9.47 Å². The molecule has 0 spiro atoms. The van der Waals surface area contributed by atoms with E-state index in [2.05, 4.69) is 12.2 Å². The van der Waals surface area contributed by atoms with Gasteiger partial charge in [-0.05, 0) is 62.1 Å². The molecule has 0 bridgehead atoms. The lowest BCUT2D eigenvalue weighted by Crippen LogP contribution is -2.40. The quantitative estimate of drug-likeness (QED) is 0.475. The van der Waals surface area contributed by atoms with Gasteiger partial charge in [0.1, 0.15) is 18.0 Å². The summed E-state index contributed by atoms with van der Waals surface area (Å²) < 4.78 is 36.7. The molecular weight excluding hydrogens is 416 g/mol. The van der Waals surface area contributed by atoms with Crippen LogP contribution in [0.5, 0.6) is 11.5 Å². The van der Waals surface area contributed by atoms with E-state index in [-0.39, 0.29) is 12.5 Å². The summed E-state index contributed by atoms with van der Waals surface area (Å²) in [6.45, 7) is 5.29. The monoisotopic (exact) mass is 448 g/mol. The molecule has 0 aromatic heterocycles. The van der Waals surface area contributed by atoms with E-state index >= 15 is 0 Å². The molecule has 1 N–H and O–H groups in total. The molecule has 2 aromatic rings. The van der Waals surface area contributed by atoms with Gasteiger partial charge in [-0.2, -0.15) is 0 Å². The van der Waals surface area contributed by atoms with Crippen LogP contribution in [0, 0.1) is 0 Å². The van der Waals surface area contributed by atoms with Crippen LogP contribution in [-0.4, -0.2) is 46.9 Å². The number of ether oxygens (including phenoxy) is 2. The summed E-state index contributed by atoms with van der Waals surface area (Å²) in [5.41, 5.74) is 1.51. The Labute approximate surface area is 185 Å². The lowest BCUT2D eigenvalue weighted by Gasteiger charge is -2.22. The van der Waals surface area contributed by atoms with Crippen LogP contribution in [0.2, 0.25) is 0 Å². The van der Waals surface area contributed by atoms with Crippen molar-refractivity contribution < 1.29 is 22.7 Å². The molecular formula is C23H32N2O5S. The predicted octanol–water partition coefficient (Wildman–Crippen LogP) is 3.39. The minimum absolute atomic E-state index is 0.275. The number of anilines is 1. The number of sulfonamides is 1. The van der Waals surface area contributed by atoms with Gasteiger partial charge in [0.2, 0.25) is 15.9 Å². The molecule has 0 atom stereocenters. The summed E-state index contributed by atoms with van der Waals surface area (Å²) in [6, 6.07) is 14.5. The minimum atomic E-state index is -3.61. The number of amides is 1. The average molecular weight is 449 g/mol. The van der Waals surface area contributed by atoms with Crippen LogP contribution in [0.1, 0.15) is 32.3 Å². The maximum Gasteiger partial charge on any atom is 0.240 e. The van der Waals surface area contributed by atoms with Gasteiger partial charge in [-0.15, -0.1) is 0 Å². The molecule has 31 heavy (non-hydrogen) atoms. The van der Waals surface area contributed by atoms with Crippen molar-refractivity contribution >= 4 is 21.6 Å². The Bertz CT molecular complexity index is 929. The standard InChI is InChI=1S/C23H32N2O5S/c1-4-17-30-22-11-7-6-9-19(22)10-8-16-24-23(26)18-25(31(3,27)28)20-12-14-21(15-13-20)29-5-2/h6-7,9,11-15H,4-5,8,10,16-18H2,1-3H3,(H,24,26). The molecule has 0 aliphatic carbocycles. The normalized spacial score (nSPS) is 11.1. The van der Waals surface area contributed by atoms with Crippen molar-refractivity contribution in [3.8, 4) is 11.5 Å². The highest BCUT2D eigenvalue weighted by Crippen LogP contribution is 2.22. The number of benzene rings is 2. The van der Waals surface area contributed by atoms with Crippen molar-refractivity contribution in [1.82, 2.24) is 5.32 Å². The molecule has 7 nitrogen and oxygen atoms in total. The lowest BCUT2D eigenvalue weighted by molar-refractivity contribution is -0.119. The highest BCUT2D eigenvalue weighted by molar-refractivity contribution is 7.92. The van der Waals surface area contributed by atoms with Gasteiger partial charge in [0.25, 0.3) is 0 Å². The number of carbonyl (C=O) groups excluding carboxylic acids is 1. The fraction of sp³-hybridized carbons (Fsp3) is 0.435. The fourth-order valence-corrected chi connectivity index (χ4v) is 3.89. The molecule has 0 aliphatic rings. The number of rotatable bonds is 13. The fourth-order valence-electron chi connectivity index (χ4n) is 3.03. The van der Waals surface area contributed by atoms with Crippen LogP contribution < -0.4 is 19.1 Å². The van der Waals surface area contributed by atoms with Crippen molar-refractivity contribution in [2.75, 3.05) is 36.9 Å². The number of para-hydroxylation sites is 1. The number of nitrogens with zero attached hydrogens (tertiary/aromatic N) is 1. The number of hydrogen-bond donors (Lipinski definition) is 1. The van der Waals surface area contributed by atoms with Crippen LogP contribution >= 0.6 is 0 Å². The van der Waals surface area contributed by atoms with Crippen molar-refractivity contribution in [2.45, 2.75) is 33.1 Å². The molecule has 1 amide bonds. The first-order valence-corrected chi connectivity index (χ1v) is 12.4. The SMILES string of the molecule is CCCOc1ccccc1CCCNC(=O)CN(c1ccc(OCC)cc1)S(C)(=O)=O. The van der Waals surface area contributed by atoms with Gasteiger partial charge in [0.05, 0.1) is 25.2 Å².